The van der Waals surface area contributed by atoms with Crippen LogP contribution in [0.15, 0.2) is 18.2 Å². The molecule has 0 radical (unpaired) electrons. The van der Waals surface area contributed by atoms with Crippen LogP contribution in [0.5, 0.6) is 0 Å². The molecule has 110 valence electrons. The number of pyridine rings is 1. The third kappa shape index (κ3) is 3.77. The Morgan fingerprint density at radius 1 is 1.50 bits per heavy atom. The van der Waals surface area contributed by atoms with Gasteiger partial charge in [0, 0.05) is 12.6 Å². The van der Waals surface area contributed by atoms with E-state index >= 15 is 0 Å². The van der Waals surface area contributed by atoms with Gasteiger partial charge < -0.3 is 0 Å². The number of hydrogen-bond acceptors (Lipinski definition) is 4. The topological polar surface area (TPSA) is 71.2 Å². The number of nitrogens with zero attached hydrogens (tertiary/aromatic N) is 2. The van der Waals surface area contributed by atoms with Crippen LogP contribution in [0.2, 0.25) is 0 Å². The second-order valence-electron chi connectivity index (χ2n) is 5.40. The molecule has 5 heteroatoms. The van der Waals surface area contributed by atoms with Crippen molar-refractivity contribution in [3.63, 3.8) is 0 Å². The molecule has 2 heterocycles. The number of piperidine rings is 1. The molecule has 0 aromatic carbocycles. The number of aromatic nitrogens is 1. The Hall–Kier alpha value is -1.46. The van der Waals surface area contributed by atoms with Crippen molar-refractivity contribution >= 4 is 5.91 Å². The molecule has 0 spiro atoms. The highest BCUT2D eigenvalue weighted by Gasteiger charge is 2.22. The van der Waals surface area contributed by atoms with E-state index in [-0.39, 0.29) is 5.91 Å². The summed E-state index contributed by atoms with van der Waals surface area (Å²) in [6.07, 6.45) is 6.30. The number of hydrogen-bond donors (Lipinski definition) is 2. The van der Waals surface area contributed by atoms with Gasteiger partial charge in [-0.3, -0.25) is 15.1 Å². The van der Waals surface area contributed by atoms with E-state index in [2.05, 4.69) is 22.2 Å². The first-order chi connectivity index (χ1) is 9.74. The molecule has 1 aromatic heterocycles. The van der Waals surface area contributed by atoms with Crippen molar-refractivity contribution in [1.82, 2.24) is 15.3 Å². The maximum Gasteiger partial charge on any atom is 0.283 e. The lowest BCUT2D eigenvalue weighted by Crippen LogP contribution is -2.39. The minimum atomic E-state index is -0.337. The number of likely N-dealkylation sites (tertiary alicyclic amines) is 1. The summed E-state index contributed by atoms with van der Waals surface area (Å²) in [5.74, 6) is 4.81. The average molecular weight is 276 g/mol. The van der Waals surface area contributed by atoms with Gasteiger partial charge in [-0.15, -0.1) is 0 Å². The van der Waals surface area contributed by atoms with Crippen LogP contribution in [0.4, 0.5) is 0 Å². The first kappa shape index (κ1) is 14.9. The van der Waals surface area contributed by atoms with Crippen molar-refractivity contribution in [3.05, 3.63) is 29.6 Å². The second-order valence-corrected chi connectivity index (χ2v) is 5.40. The average Bonchev–Trinajstić information content (AvgIpc) is 2.49. The quantitative estimate of drug-likeness (QED) is 0.489. The van der Waals surface area contributed by atoms with E-state index in [1.54, 1.807) is 6.07 Å². The largest absolute Gasteiger partial charge is 0.295 e. The van der Waals surface area contributed by atoms with Gasteiger partial charge in [-0.1, -0.05) is 25.8 Å². The van der Waals surface area contributed by atoms with Crippen molar-refractivity contribution in [1.29, 1.82) is 0 Å². The number of hydrazine groups is 1. The highest BCUT2D eigenvalue weighted by molar-refractivity contribution is 5.91. The number of rotatable bonds is 5. The van der Waals surface area contributed by atoms with E-state index in [1.165, 1.54) is 32.1 Å². The van der Waals surface area contributed by atoms with Crippen LogP contribution in [0.25, 0.3) is 0 Å². The van der Waals surface area contributed by atoms with Crippen LogP contribution in [0, 0.1) is 0 Å². The zero-order valence-electron chi connectivity index (χ0n) is 12.1. The summed E-state index contributed by atoms with van der Waals surface area (Å²) in [6, 6.07) is 6.18. The number of carbonyl (C=O) groups is 1. The smallest absolute Gasteiger partial charge is 0.283 e. The molecule has 20 heavy (non-hydrogen) atoms. The zero-order chi connectivity index (χ0) is 14.4. The first-order valence-electron chi connectivity index (χ1n) is 7.45. The summed E-state index contributed by atoms with van der Waals surface area (Å²) in [4.78, 5) is 18.4. The molecule has 1 unspecified atom stereocenters. The summed E-state index contributed by atoms with van der Waals surface area (Å²) >= 11 is 0. The summed E-state index contributed by atoms with van der Waals surface area (Å²) in [5, 5.41) is 0. The number of nitrogen functional groups attached to an aromatic ring is 1. The van der Waals surface area contributed by atoms with Gasteiger partial charge in [0.05, 0.1) is 5.69 Å². The maximum absolute atomic E-state index is 11.5. The zero-order valence-corrected chi connectivity index (χ0v) is 12.1. The normalized spacial score (nSPS) is 19.8. The fourth-order valence-corrected chi connectivity index (χ4v) is 2.90. The standard InChI is InChI=1S/C15H24N4O/c1-2-6-13-8-3-4-10-19(13)11-12-7-5-9-14(17-12)15(20)18-16/h5,7,9,13H,2-4,6,8,10-11,16H2,1H3,(H,18,20). The number of nitrogens with one attached hydrogen (secondary N) is 1. The number of amides is 1. The SMILES string of the molecule is CCCC1CCCCN1Cc1cccc(C(=O)NN)n1. The molecule has 3 N–H and O–H groups in total. The minimum absolute atomic E-state index is 0.337. The van der Waals surface area contributed by atoms with Gasteiger partial charge in [0.15, 0.2) is 0 Å². The molecule has 1 fully saturated rings. The van der Waals surface area contributed by atoms with Gasteiger partial charge in [0.1, 0.15) is 5.69 Å². The van der Waals surface area contributed by atoms with E-state index in [4.69, 9.17) is 5.84 Å². The summed E-state index contributed by atoms with van der Waals surface area (Å²) in [6.45, 7) is 4.17. The molecule has 0 bridgehead atoms. The summed E-state index contributed by atoms with van der Waals surface area (Å²) in [7, 11) is 0. The van der Waals surface area contributed by atoms with E-state index in [1.807, 2.05) is 12.1 Å². The number of nitrogens with two attached hydrogens (primary N) is 1. The summed E-state index contributed by atoms with van der Waals surface area (Å²) in [5.41, 5.74) is 3.45. The van der Waals surface area contributed by atoms with Gasteiger partial charge in [0.2, 0.25) is 0 Å². The highest BCUT2D eigenvalue weighted by Crippen LogP contribution is 2.22. The molecule has 1 atom stereocenters. The Morgan fingerprint density at radius 3 is 3.10 bits per heavy atom. The van der Waals surface area contributed by atoms with Crippen LogP contribution in [-0.2, 0) is 6.54 Å². The maximum atomic E-state index is 11.5. The van der Waals surface area contributed by atoms with Crippen LogP contribution in [0.1, 0.15) is 55.2 Å². The summed E-state index contributed by atoms with van der Waals surface area (Å²) < 4.78 is 0. The van der Waals surface area contributed by atoms with Crippen LogP contribution in [0.3, 0.4) is 0 Å². The Balaban J connectivity index is 2.06. The molecule has 5 nitrogen and oxygen atoms in total. The van der Waals surface area contributed by atoms with Gasteiger partial charge >= 0.3 is 0 Å². The Labute approximate surface area is 120 Å². The molecule has 1 saturated heterocycles. The second kappa shape index (κ2) is 7.36. The molecule has 1 aliphatic heterocycles. The third-order valence-corrected chi connectivity index (χ3v) is 3.91. The lowest BCUT2D eigenvalue weighted by atomic mass is 9.98. The molecule has 1 aliphatic rings. The monoisotopic (exact) mass is 276 g/mol. The van der Waals surface area contributed by atoms with Crippen molar-refractivity contribution in [2.75, 3.05) is 6.54 Å². The Bertz CT molecular complexity index is 447. The van der Waals surface area contributed by atoms with Gasteiger partial charge in [-0.2, -0.15) is 0 Å². The van der Waals surface area contributed by atoms with E-state index in [0.29, 0.717) is 11.7 Å². The fourth-order valence-electron chi connectivity index (χ4n) is 2.90. The van der Waals surface area contributed by atoms with Crippen LogP contribution >= 0.6 is 0 Å². The van der Waals surface area contributed by atoms with Crippen molar-refractivity contribution < 1.29 is 4.79 Å². The van der Waals surface area contributed by atoms with Gasteiger partial charge in [-0.25, -0.2) is 10.8 Å². The Kier molecular flexibility index (Phi) is 5.49. The van der Waals surface area contributed by atoms with Gasteiger partial charge in [-0.05, 0) is 37.9 Å². The van der Waals surface area contributed by atoms with Gasteiger partial charge in [0.25, 0.3) is 5.91 Å². The van der Waals surface area contributed by atoms with Crippen LogP contribution in [-0.4, -0.2) is 28.4 Å². The fraction of sp³-hybridized carbons (Fsp3) is 0.600. The Morgan fingerprint density at radius 2 is 2.35 bits per heavy atom. The molecular weight excluding hydrogens is 252 g/mol. The van der Waals surface area contributed by atoms with Crippen molar-refractivity contribution in [2.24, 2.45) is 5.84 Å². The van der Waals surface area contributed by atoms with Crippen molar-refractivity contribution in [2.45, 2.75) is 51.6 Å². The molecule has 0 aliphatic carbocycles. The predicted molar refractivity (Wildman–Crippen MR) is 78.8 cm³/mol. The van der Waals surface area contributed by atoms with Crippen molar-refractivity contribution in [3.8, 4) is 0 Å². The molecule has 1 amide bonds. The van der Waals surface area contributed by atoms with E-state index < -0.39 is 0 Å². The number of carbonyl (C=O) groups excluding carboxylic acids is 1. The van der Waals surface area contributed by atoms with E-state index in [0.717, 1.165) is 18.8 Å². The molecule has 0 saturated carbocycles. The minimum Gasteiger partial charge on any atom is -0.295 e. The van der Waals surface area contributed by atoms with Crippen LogP contribution < -0.4 is 11.3 Å². The lowest BCUT2D eigenvalue weighted by Gasteiger charge is -2.35. The molecular formula is C15H24N4O. The molecule has 2 rings (SSSR count). The van der Waals surface area contributed by atoms with E-state index in [9.17, 15) is 4.79 Å². The highest BCUT2D eigenvalue weighted by atomic mass is 16.2. The third-order valence-electron chi connectivity index (χ3n) is 3.91. The lowest BCUT2D eigenvalue weighted by molar-refractivity contribution is 0.0947. The molecule has 1 aromatic rings. The first-order valence-corrected chi connectivity index (χ1v) is 7.45. The predicted octanol–water partition coefficient (Wildman–Crippen LogP) is 1.84.